The Hall–Kier alpha value is -1.38. The monoisotopic (exact) mass is 317 g/mol. The average molecular weight is 317 g/mol. The number of nitrogens with one attached hydrogen (secondary N) is 1. The molecular formula is C13H20FN3O3S. The fraction of sp³-hybridized carbons (Fsp3) is 0.538. The molecule has 0 spiro atoms. The van der Waals surface area contributed by atoms with E-state index in [1.54, 1.807) is 0 Å². The van der Waals surface area contributed by atoms with Gasteiger partial charge in [0.2, 0.25) is 0 Å². The topological polar surface area (TPSA) is 84.7 Å². The number of rotatable bonds is 5. The van der Waals surface area contributed by atoms with Crippen molar-refractivity contribution in [3.8, 4) is 5.75 Å². The van der Waals surface area contributed by atoms with E-state index in [0.717, 1.165) is 18.9 Å². The first-order valence-electron chi connectivity index (χ1n) is 6.77. The lowest BCUT2D eigenvalue weighted by molar-refractivity contribution is 0.280. The quantitative estimate of drug-likeness (QED) is 0.853. The van der Waals surface area contributed by atoms with Crippen molar-refractivity contribution in [2.45, 2.75) is 12.8 Å². The van der Waals surface area contributed by atoms with E-state index in [0.29, 0.717) is 25.6 Å². The summed E-state index contributed by atoms with van der Waals surface area (Å²) < 4.78 is 46.5. The van der Waals surface area contributed by atoms with Crippen LogP contribution < -0.4 is 15.2 Å². The molecule has 3 N–H and O–H groups in total. The van der Waals surface area contributed by atoms with Crippen LogP contribution in [0.5, 0.6) is 5.75 Å². The number of halogens is 1. The summed E-state index contributed by atoms with van der Waals surface area (Å²) in [5.74, 6) is -0.163. The Kier molecular flexibility index (Phi) is 5.02. The van der Waals surface area contributed by atoms with E-state index < -0.39 is 16.0 Å². The van der Waals surface area contributed by atoms with E-state index in [-0.39, 0.29) is 11.4 Å². The molecule has 1 heterocycles. The molecule has 6 nitrogen and oxygen atoms in total. The van der Waals surface area contributed by atoms with Crippen LogP contribution in [0.25, 0.3) is 0 Å². The zero-order valence-electron chi connectivity index (χ0n) is 11.9. The minimum atomic E-state index is -3.64. The zero-order valence-corrected chi connectivity index (χ0v) is 12.7. The van der Waals surface area contributed by atoms with Gasteiger partial charge in [-0.1, -0.05) is 0 Å². The molecule has 8 heteroatoms. The third-order valence-corrected chi connectivity index (χ3v) is 5.18. The highest BCUT2D eigenvalue weighted by atomic mass is 32.2. The van der Waals surface area contributed by atoms with Gasteiger partial charge in [0.25, 0.3) is 0 Å². The Balaban J connectivity index is 2.07. The zero-order chi connectivity index (χ0) is 15.5. The number of ether oxygens (including phenoxy) is 1. The third kappa shape index (κ3) is 3.84. The third-order valence-electron chi connectivity index (χ3n) is 3.64. The summed E-state index contributed by atoms with van der Waals surface area (Å²) in [6, 6.07) is 3.85. The Morgan fingerprint density at radius 2 is 2.10 bits per heavy atom. The van der Waals surface area contributed by atoms with Crippen molar-refractivity contribution >= 4 is 15.9 Å². The molecule has 118 valence electrons. The van der Waals surface area contributed by atoms with Crippen LogP contribution in [0.15, 0.2) is 18.2 Å². The summed E-state index contributed by atoms with van der Waals surface area (Å²) in [6.07, 6.45) is 1.51. The van der Waals surface area contributed by atoms with Crippen LogP contribution in [0.3, 0.4) is 0 Å². The Morgan fingerprint density at radius 1 is 1.43 bits per heavy atom. The van der Waals surface area contributed by atoms with Crippen molar-refractivity contribution in [3.05, 3.63) is 24.0 Å². The Morgan fingerprint density at radius 3 is 2.67 bits per heavy atom. The summed E-state index contributed by atoms with van der Waals surface area (Å²) in [5, 5.41) is 0. The minimum absolute atomic E-state index is 0.00274. The molecule has 0 aromatic heterocycles. The fourth-order valence-corrected chi connectivity index (χ4v) is 3.57. The molecule has 0 unspecified atom stereocenters. The second-order valence-electron chi connectivity index (χ2n) is 5.03. The van der Waals surface area contributed by atoms with Gasteiger partial charge in [0, 0.05) is 19.2 Å². The molecule has 0 radical (unpaired) electrons. The summed E-state index contributed by atoms with van der Waals surface area (Å²) in [7, 11) is -2.31. The van der Waals surface area contributed by atoms with E-state index in [1.807, 2.05) is 0 Å². The van der Waals surface area contributed by atoms with Gasteiger partial charge in [0.05, 0.1) is 12.8 Å². The van der Waals surface area contributed by atoms with E-state index in [9.17, 15) is 12.8 Å². The van der Waals surface area contributed by atoms with Crippen LogP contribution in [0.4, 0.5) is 10.1 Å². The Labute approximate surface area is 124 Å². The molecule has 0 saturated carbocycles. The second kappa shape index (κ2) is 6.59. The molecule has 1 saturated heterocycles. The number of hydrogen-bond donors (Lipinski definition) is 2. The number of benzene rings is 1. The minimum Gasteiger partial charge on any atom is -0.494 e. The van der Waals surface area contributed by atoms with Crippen molar-refractivity contribution in [3.63, 3.8) is 0 Å². The van der Waals surface area contributed by atoms with Gasteiger partial charge in [-0.15, -0.1) is 0 Å². The highest BCUT2D eigenvalue weighted by molar-refractivity contribution is 7.90. The maximum absolute atomic E-state index is 13.3. The molecule has 21 heavy (non-hydrogen) atoms. The number of piperidine rings is 1. The van der Waals surface area contributed by atoms with E-state index in [2.05, 4.69) is 4.72 Å². The predicted molar refractivity (Wildman–Crippen MR) is 78.8 cm³/mol. The largest absolute Gasteiger partial charge is 0.494 e. The highest BCUT2D eigenvalue weighted by Crippen LogP contribution is 2.24. The molecule has 1 aromatic rings. The van der Waals surface area contributed by atoms with Gasteiger partial charge in [-0.05, 0) is 37.4 Å². The molecule has 0 atom stereocenters. The maximum atomic E-state index is 13.3. The molecule has 1 aliphatic rings. The Bertz CT molecular complexity index is 586. The van der Waals surface area contributed by atoms with Gasteiger partial charge >= 0.3 is 10.2 Å². The van der Waals surface area contributed by atoms with Crippen molar-refractivity contribution in [1.82, 2.24) is 4.31 Å². The number of anilines is 1. The first-order valence-corrected chi connectivity index (χ1v) is 8.21. The average Bonchev–Trinajstić information content (AvgIpc) is 2.49. The first-order chi connectivity index (χ1) is 9.96. The highest BCUT2D eigenvalue weighted by Gasteiger charge is 2.27. The molecule has 0 bridgehead atoms. The van der Waals surface area contributed by atoms with Crippen LogP contribution in [0, 0.1) is 11.7 Å². The molecule has 0 aliphatic carbocycles. The number of hydrogen-bond acceptors (Lipinski definition) is 4. The molecule has 1 aliphatic heterocycles. The smallest absolute Gasteiger partial charge is 0.301 e. The van der Waals surface area contributed by atoms with Crippen molar-refractivity contribution < 1.29 is 17.5 Å². The van der Waals surface area contributed by atoms with Gasteiger partial charge < -0.3 is 10.5 Å². The summed E-state index contributed by atoms with van der Waals surface area (Å²) in [5.41, 5.74) is 5.87. The molecule has 1 aromatic carbocycles. The normalized spacial score (nSPS) is 17.7. The van der Waals surface area contributed by atoms with Crippen LogP contribution >= 0.6 is 0 Å². The van der Waals surface area contributed by atoms with E-state index >= 15 is 0 Å². The predicted octanol–water partition coefficient (Wildman–Crippen LogP) is 1.16. The van der Waals surface area contributed by atoms with Crippen LogP contribution in [0.2, 0.25) is 0 Å². The first kappa shape index (κ1) is 16.0. The fourth-order valence-electron chi connectivity index (χ4n) is 2.32. The van der Waals surface area contributed by atoms with Gasteiger partial charge in [0.15, 0.2) is 11.6 Å². The second-order valence-corrected chi connectivity index (χ2v) is 6.71. The van der Waals surface area contributed by atoms with Gasteiger partial charge in [-0.25, -0.2) is 4.39 Å². The maximum Gasteiger partial charge on any atom is 0.301 e. The number of nitrogens with zero attached hydrogens (tertiary/aromatic N) is 1. The summed E-state index contributed by atoms with van der Waals surface area (Å²) >= 11 is 0. The van der Waals surface area contributed by atoms with Gasteiger partial charge in [0.1, 0.15) is 0 Å². The van der Waals surface area contributed by atoms with Crippen molar-refractivity contribution in [2.75, 3.05) is 31.5 Å². The number of methoxy groups -OCH3 is 1. The summed E-state index contributed by atoms with van der Waals surface area (Å²) in [6.45, 7) is 1.46. The van der Waals surface area contributed by atoms with Gasteiger partial charge in [-0.3, -0.25) is 4.72 Å². The summed E-state index contributed by atoms with van der Waals surface area (Å²) in [4.78, 5) is 0. The standard InChI is InChI=1S/C13H20FN3O3S/c1-20-13-8-11(2-3-12(13)14)16-21(18,19)17-6-4-10(9-15)5-7-17/h2-3,8,10,16H,4-7,9,15H2,1H3. The van der Waals surface area contributed by atoms with E-state index in [1.165, 1.54) is 23.5 Å². The number of nitrogens with two attached hydrogens (primary N) is 1. The lowest BCUT2D eigenvalue weighted by Crippen LogP contribution is -2.42. The molecule has 1 fully saturated rings. The lowest BCUT2D eigenvalue weighted by atomic mass is 9.99. The van der Waals surface area contributed by atoms with Crippen molar-refractivity contribution in [1.29, 1.82) is 0 Å². The van der Waals surface area contributed by atoms with Crippen molar-refractivity contribution in [2.24, 2.45) is 11.7 Å². The lowest BCUT2D eigenvalue weighted by Gasteiger charge is -2.30. The molecular weight excluding hydrogens is 297 g/mol. The SMILES string of the molecule is COc1cc(NS(=O)(=O)N2CCC(CN)CC2)ccc1F. The van der Waals surface area contributed by atoms with Crippen LogP contribution in [-0.4, -0.2) is 39.5 Å². The van der Waals surface area contributed by atoms with E-state index in [4.69, 9.17) is 10.5 Å². The molecule has 0 amide bonds. The van der Waals surface area contributed by atoms with Gasteiger partial charge in [-0.2, -0.15) is 12.7 Å². The van der Waals surface area contributed by atoms with Crippen LogP contribution in [0.1, 0.15) is 12.8 Å². The molecule has 2 rings (SSSR count). The van der Waals surface area contributed by atoms with Crippen LogP contribution in [-0.2, 0) is 10.2 Å².